The summed E-state index contributed by atoms with van der Waals surface area (Å²) in [4.78, 5) is 2.50. The van der Waals surface area contributed by atoms with Crippen molar-refractivity contribution < 1.29 is 4.74 Å². The van der Waals surface area contributed by atoms with Crippen molar-refractivity contribution in [2.75, 3.05) is 33.4 Å². The van der Waals surface area contributed by atoms with E-state index in [0.29, 0.717) is 0 Å². The van der Waals surface area contributed by atoms with Crippen LogP contribution < -0.4 is 0 Å². The van der Waals surface area contributed by atoms with E-state index in [0.717, 1.165) is 19.1 Å². The van der Waals surface area contributed by atoms with Gasteiger partial charge in [0, 0.05) is 20.2 Å². The van der Waals surface area contributed by atoms with Crippen LogP contribution in [0.5, 0.6) is 0 Å². The van der Waals surface area contributed by atoms with Gasteiger partial charge in [0.1, 0.15) is 0 Å². The average Bonchev–Trinajstić information content (AvgIpc) is 2.01. The summed E-state index contributed by atoms with van der Waals surface area (Å²) < 4.78 is 5.04. The van der Waals surface area contributed by atoms with Gasteiger partial charge in [0.05, 0.1) is 6.61 Å². The van der Waals surface area contributed by atoms with E-state index >= 15 is 0 Å². The van der Waals surface area contributed by atoms with Gasteiger partial charge in [-0.1, -0.05) is 6.92 Å². The average molecular weight is 157 g/mol. The zero-order valence-corrected chi connectivity index (χ0v) is 7.68. The number of hydrogen-bond acceptors (Lipinski definition) is 2. The molecule has 0 saturated carbocycles. The summed E-state index contributed by atoms with van der Waals surface area (Å²) in [5, 5.41) is 0. The fourth-order valence-corrected chi connectivity index (χ4v) is 1.71. The molecule has 0 aliphatic carbocycles. The quantitative estimate of drug-likeness (QED) is 0.613. The first-order valence-corrected chi connectivity index (χ1v) is 4.54. The molecule has 0 unspecified atom stereocenters. The molecule has 0 aromatic rings. The van der Waals surface area contributed by atoms with Gasteiger partial charge in [0.15, 0.2) is 0 Å². The highest BCUT2D eigenvalue weighted by Gasteiger charge is 2.14. The lowest BCUT2D eigenvalue weighted by molar-refractivity contribution is 0.118. The molecule has 66 valence electrons. The van der Waals surface area contributed by atoms with E-state index in [2.05, 4.69) is 11.8 Å². The van der Waals surface area contributed by atoms with Crippen molar-refractivity contribution in [2.24, 2.45) is 5.92 Å². The number of ether oxygens (including phenoxy) is 1. The molecule has 0 spiro atoms. The van der Waals surface area contributed by atoms with Gasteiger partial charge >= 0.3 is 0 Å². The van der Waals surface area contributed by atoms with Crippen molar-refractivity contribution in [1.82, 2.24) is 4.90 Å². The molecule has 0 bridgehead atoms. The zero-order valence-electron chi connectivity index (χ0n) is 7.68. The molecule has 1 saturated heterocycles. The standard InChI is InChI=1S/C9H19NO/c1-9-4-3-5-10(8-9)6-7-11-2/h9H,3-8H2,1-2H3/t9-/m1/s1. The highest BCUT2D eigenvalue weighted by atomic mass is 16.5. The molecule has 0 N–H and O–H groups in total. The second kappa shape index (κ2) is 4.73. The monoisotopic (exact) mass is 157 g/mol. The molecule has 1 aliphatic heterocycles. The normalized spacial score (nSPS) is 27.3. The zero-order chi connectivity index (χ0) is 8.10. The van der Waals surface area contributed by atoms with Crippen LogP contribution in [0.2, 0.25) is 0 Å². The van der Waals surface area contributed by atoms with Gasteiger partial charge in [-0.3, -0.25) is 0 Å². The molecule has 2 nitrogen and oxygen atoms in total. The second-order valence-electron chi connectivity index (χ2n) is 3.54. The largest absolute Gasteiger partial charge is 0.383 e. The van der Waals surface area contributed by atoms with Crippen LogP contribution in [0.3, 0.4) is 0 Å². The summed E-state index contributed by atoms with van der Waals surface area (Å²) in [6.07, 6.45) is 2.77. The van der Waals surface area contributed by atoms with E-state index in [4.69, 9.17) is 4.74 Å². The summed E-state index contributed by atoms with van der Waals surface area (Å²) in [6, 6.07) is 0. The van der Waals surface area contributed by atoms with Crippen LogP contribution in [-0.2, 0) is 4.74 Å². The Bertz CT molecular complexity index is 106. The molecule has 0 amide bonds. The van der Waals surface area contributed by atoms with Crippen LogP contribution in [0.25, 0.3) is 0 Å². The van der Waals surface area contributed by atoms with Gasteiger partial charge < -0.3 is 9.64 Å². The third-order valence-electron chi connectivity index (χ3n) is 2.35. The first kappa shape index (κ1) is 9.01. The van der Waals surface area contributed by atoms with E-state index in [9.17, 15) is 0 Å². The predicted octanol–water partition coefficient (Wildman–Crippen LogP) is 1.36. The molecule has 1 atom stereocenters. The summed E-state index contributed by atoms with van der Waals surface area (Å²) in [5.41, 5.74) is 0. The molecule has 1 heterocycles. The third-order valence-corrected chi connectivity index (χ3v) is 2.35. The minimum atomic E-state index is 0.882. The molecular formula is C9H19NO. The maximum Gasteiger partial charge on any atom is 0.0589 e. The van der Waals surface area contributed by atoms with Gasteiger partial charge in [-0.25, -0.2) is 0 Å². The van der Waals surface area contributed by atoms with Crippen LogP contribution in [0.4, 0.5) is 0 Å². The van der Waals surface area contributed by atoms with Crippen molar-refractivity contribution in [2.45, 2.75) is 19.8 Å². The van der Waals surface area contributed by atoms with Crippen LogP contribution in [-0.4, -0.2) is 38.3 Å². The number of piperidine rings is 1. The lowest BCUT2D eigenvalue weighted by Crippen LogP contribution is -2.36. The topological polar surface area (TPSA) is 12.5 Å². The Kier molecular flexibility index (Phi) is 3.87. The molecule has 1 rings (SSSR count). The Morgan fingerprint density at radius 3 is 3.00 bits per heavy atom. The number of likely N-dealkylation sites (tertiary alicyclic amines) is 1. The Labute approximate surface area is 69.5 Å². The van der Waals surface area contributed by atoms with Gasteiger partial charge in [-0.05, 0) is 25.3 Å². The minimum Gasteiger partial charge on any atom is -0.383 e. The first-order chi connectivity index (χ1) is 5.33. The number of hydrogen-bond donors (Lipinski definition) is 0. The Morgan fingerprint density at radius 2 is 2.36 bits per heavy atom. The highest BCUT2D eigenvalue weighted by molar-refractivity contribution is 4.69. The highest BCUT2D eigenvalue weighted by Crippen LogP contribution is 2.14. The van der Waals surface area contributed by atoms with Crippen LogP contribution >= 0.6 is 0 Å². The second-order valence-corrected chi connectivity index (χ2v) is 3.54. The lowest BCUT2D eigenvalue weighted by atomic mass is 10.0. The van der Waals surface area contributed by atoms with Crippen LogP contribution in [0, 0.1) is 5.92 Å². The van der Waals surface area contributed by atoms with Gasteiger partial charge in [-0.2, -0.15) is 0 Å². The Morgan fingerprint density at radius 1 is 1.55 bits per heavy atom. The summed E-state index contributed by atoms with van der Waals surface area (Å²) >= 11 is 0. The van der Waals surface area contributed by atoms with E-state index in [1.807, 2.05) is 0 Å². The smallest absolute Gasteiger partial charge is 0.0589 e. The van der Waals surface area contributed by atoms with Gasteiger partial charge in [-0.15, -0.1) is 0 Å². The van der Waals surface area contributed by atoms with Crippen molar-refractivity contribution in [3.63, 3.8) is 0 Å². The van der Waals surface area contributed by atoms with Crippen molar-refractivity contribution in [1.29, 1.82) is 0 Å². The number of nitrogens with zero attached hydrogens (tertiary/aromatic N) is 1. The fourth-order valence-electron chi connectivity index (χ4n) is 1.71. The predicted molar refractivity (Wildman–Crippen MR) is 46.7 cm³/mol. The Hall–Kier alpha value is -0.0800. The van der Waals surface area contributed by atoms with E-state index in [1.54, 1.807) is 7.11 Å². The molecule has 0 aromatic heterocycles. The third kappa shape index (κ3) is 3.21. The van der Waals surface area contributed by atoms with Gasteiger partial charge in [0.2, 0.25) is 0 Å². The molecule has 11 heavy (non-hydrogen) atoms. The SMILES string of the molecule is COCCN1CCC[C@@H](C)C1. The number of rotatable bonds is 3. The maximum absolute atomic E-state index is 5.04. The maximum atomic E-state index is 5.04. The van der Waals surface area contributed by atoms with Crippen LogP contribution in [0.15, 0.2) is 0 Å². The number of methoxy groups -OCH3 is 1. The van der Waals surface area contributed by atoms with E-state index in [-0.39, 0.29) is 0 Å². The first-order valence-electron chi connectivity index (χ1n) is 4.54. The van der Waals surface area contributed by atoms with Crippen molar-refractivity contribution >= 4 is 0 Å². The molecule has 1 fully saturated rings. The summed E-state index contributed by atoms with van der Waals surface area (Å²) in [7, 11) is 1.77. The van der Waals surface area contributed by atoms with Crippen molar-refractivity contribution in [3.8, 4) is 0 Å². The minimum absolute atomic E-state index is 0.882. The summed E-state index contributed by atoms with van der Waals surface area (Å²) in [6.45, 7) is 6.86. The molecule has 0 aromatic carbocycles. The molecule has 0 radical (unpaired) electrons. The van der Waals surface area contributed by atoms with E-state index in [1.165, 1.54) is 25.9 Å². The van der Waals surface area contributed by atoms with Gasteiger partial charge in [0.25, 0.3) is 0 Å². The van der Waals surface area contributed by atoms with Crippen molar-refractivity contribution in [3.05, 3.63) is 0 Å². The summed E-state index contributed by atoms with van der Waals surface area (Å²) in [5.74, 6) is 0.889. The molecule has 1 aliphatic rings. The van der Waals surface area contributed by atoms with Crippen LogP contribution in [0.1, 0.15) is 19.8 Å². The Balaban J connectivity index is 2.12. The molecular weight excluding hydrogens is 138 g/mol. The lowest BCUT2D eigenvalue weighted by Gasteiger charge is -2.30. The van der Waals surface area contributed by atoms with E-state index < -0.39 is 0 Å². The fraction of sp³-hybridized carbons (Fsp3) is 1.00. The molecule has 2 heteroatoms.